The summed E-state index contributed by atoms with van der Waals surface area (Å²) in [6.45, 7) is 5.54. The van der Waals surface area contributed by atoms with E-state index in [1.165, 1.54) is 11.6 Å². The molecule has 0 aliphatic rings. The second kappa shape index (κ2) is 5.88. The smallest absolute Gasteiger partial charge is 0.404 e. The lowest BCUT2D eigenvalue weighted by Gasteiger charge is -2.25. The fourth-order valence-corrected chi connectivity index (χ4v) is 2.05. The number of nitrogens with one attached hydrogen (secondary N) is 1. The number of rotatable bonds is 6. The summed E-state index contributed by atoms with van der Waals surface area (Å²) in [5.41, 5.74) is 1.23. The summed E-state index contributed by atoms with van der Waals surface area (Å²) in [6, 6.07) is 13.2. The van der Waals surface area contributed by atoms with E-state index in [9.17, 15) is 10.1 Å². The third kappa shape index (κ3) is 3.45. The number of hydrogen-bond donors (Lipinski definition) is 1. The molecule has 106 valence electrons. The molecule has 0 amide bonds. The van der Waals surface area contributed by atoms with Crippen LogP contribution in [0.25, 0.3) is 0 Å². The molecule has 0 fully saturated rings. The number of furan rings is 1. The lowest BCUT2D eigenvalue weighted by Crippen LogP contribution is -2.32. The van der Waals surface area contributed by atoms with Crippen LogP contribution in [0.2, 0.25) is 0 Å². The molecular formula is C15H18N2O3. The fourth-order valence-electron chi connectivity index (χ4n) is 2.05. The molecule has 0 aliphatic heterocycles. The summed E-state index contributed by atoms with van der Waals surface area (Å²) in [4.78, 5) is 9.99. The zero-order chi connectivity index (χ0) is 14.6. The molecule has 1 aromatic heterocycles. The predicted molar refractivity (Wildman–Crippen MR) is 76.5 cm³/mol. The zero-order valence-electron chi connectivity index (χ0n) is 11.6. The standard InChI is InChI=1S/C15H18N2O3/c1-15(2,12-6-4-3-5-7-12)11-16-10-13-8-9-14(20-13)17(18)19/h3-9,16H,10-11H2,1-2H3. The van der Waals surface area contributed by atoms with Crippen molar-refractivity contribution in [2.45, 2.75) is 25.8 Å². The highest BCUT2D eigenvalue weighted by atomic mass is 16.6. The van der Waals surface area contributed by atoms with Crippen LogP contribution in [0.1, 0.15) is 25.2 Å². The van der Waals surface area contributed by atoms with Crippen molar-refractivity contribution in [2.24, 2.45) is 0 Å². The molecule has 0 spiro atoms. The minimum atomic E-state index is -0.530. The Morgan fingerprint density at radius 2 is 1.90 bits per heavy atom. The normalized spacial score (nSPS) is 11.5. The average molecular weight is 274 g/mol. The van der Waals surface area contributed by atoms with Gasteiger partial charge >= 0.3 is 5.88 Å². The number of nitro groups is 1. The molecule has 5 heteroatoms. The lowest BCUT2D eigenvalue weighted by molar-refractivity contribution is -0.402. The van der Waals surface area contributed by atoms with E-state index in [0.29, 0.717) is 12.3 Å². The molecule has 0 radical (unpaired) electrons. The van der Waals surface area contributed by atoms with E-state index in [4.69, 9.17) is 4.42 Å². The SMILES string of the molecule is CC(C)(CNCc1ccc([N+](=O)[O-])o1)c1ccccc1. The highest BCUT2D eigenvalue weighted by molar-refractivity contribution is 5.24. The summed E-state index contributed by atoms with van der Waals surface area (Å²) < 4.78 is 5.10. The topological polar surface area (TPSA) is 68.3 Å². The van der Waals surface area contributed by atoms with Gasteiger partial charge in [0.15, 0.2) is 0 Å². The van der Waals surface area contributed by atoms with Crippen LogP contribution in [-0.4, -0.2) is 11.5 Å². The first-order valence-electron chi connectivity index (χ1n) is 6.48. The maximum absolute atomic E-state index is 10.5. The van der Waals surface area contributed by atoms with Crippen molar-refractivity contribution >= 4 is 5.88 Å². The zero-order valence-corrected chi connectivity index (χ0v) is 11.6. The van der Waals surface area contributed by atoms with E-state index >= 15 is 0 Å². The molecule has 5 nitrogen and oxygen atoms in total. The van der Waals surface area contributed by atoms with Crippen LogP contribution in [0.15, 0.2) is 46.9 Å². The van der Waals surface area contributed by atoms with Crippen LogP contribution in [0.4, 0.5) is 5.88 Å². The van der Waals surface area contributed by atoms with Crippen molar-refractivity contribution in [1.82, 2.24) is 5.32 Å². The second-order valence-electron chi connectivity index (χ2n) is 5.35. The van der Waals surface area contributed by atoms with Gasteiger partial charge in [0.25, 0.3) is 0 Å². The molecule has 0 atom stereocenters. The van der Waals surface area contributed by atoms with Crippen molar-refractivity contribution in [2.75, 3.05) is 6.54 Å². The van der Waals surface area contributed by atoms with Crippen molar-refractivity contribution in [3.8, 4) is 0 Å². The molecular weight excluding hydrogens is 256 g/mol. The minimum absolute atomic E-state index is 0.0141. The van der Waals surface area contributed by atoms with Crippen molar-refractivity contribution < 1.29 is 9.34 Å². The lowest BCUT2D eigenvalue weighted by atomic mass is 9.84. The predicted octanol–water partition coefficient (Wildman–Crippen LogP) is 3.26. The van der Waals surface area contributed by atoms with Gasteiger partial charge in [-0.1, -0.05) is 44.2 Å². The first kappa shape index (κ1) is 14.3. The van der Waals surface area contributed by atoms with E-state index in [1.54, 1.807) is 6.07 Å². The summed E-state index contributed by atoms with van der Waals surface area (Å²) in [6.07, 6.45) is 0. The Morgan fingerprint density at radius 1 is 1.20 bits per heavy atom. The molecule has 1 N–H and O–H groups in total. The number of hydrogen-bond acceptors (Lipinski definition) is 4. The van der Waals surface area contributed by atoms with Gasteiger partial charge in [-0.2, -0.15) is 0 Å². The third-order valence-electron chi connectivity index (χ3n) is 3.25. The fraction of sp³-hybridized carbons (Fsp3) is 0.333. The van der Waals surface area contributed by atoms with Crippen molar-refractivity contribution in [3.05, 3.63) is 63.9 Å². The largest absolute Gasteiger partial charge is 0.433 e. The van der Waals surface area contributed by atoms with Gasteiger partial charge in [0, 0.05) is 12.0 Å². The van der Waals surface area contributed by atoms with Crippen LogP contribution < -0.4 is 5.32 Å². The Hall–Kier alpha value is -2.14. The molecule has 0 unspecified atom stereocenters. The van der Waals surface area contributed by atoms with Crippen LogP contribution >= 0.6 is 0 Å². The van der Waals surface area contributed by atoms with E-state index in [1.807, 2.05) is 18.2 Å². The van der Waals surface area contributed by atoms with E-state index in [2.05, 4.69) is 31.3 Å². The van der Waals surface area contributed by atoms with Gasteiger partial charge < -0.3 is 9.73 Å². The first-order chi connectivity index (χ1) is 9.49. The monoisotopic (exact) mass is 274 g/mol. The van der Waals surface area contributed by atoms with Crippen LogP contribution in [-0.2, 0) is 12.0 Å². The molecule has 0 aliphatic carbocycles. The highest BCUT2D eigenvalue weighted by Crippen LogP contribution is 2.22. The van der Waals surface area contributed by atoms with Crippen molar-refractivity contribution in [3.63, 3.8) is 0 Å². The quantitative estimate of drug-likeness (QED) is 0.648. The Labute approximate surface area is 117 Å². The summed E-state index contributed by atoms with van der Waals surface area (Å²) in [5.74, 6) is 0.352. The van der Waals surface area contributed by atoms with Crippen LogP contribution in [0, 0.1) is 10.1 Å². The Balaban J connectivity index is 1.90. The van der Waals surface area contributed by atoms with Gasteiger partial charge in [0.2, 0.25) is 0 Å². The average Bonchev–Trinajstić information content (AvgIpc) is 2.89. The maximum atomic E-state index is 10.5. The van der Waals surface area contributed by atoms with Gasteiger partial charge in [-0.25, -0.2) is 0 Å². The summed E-state index contributed by atoms with van der Waals surface area (Å²) in [5, 5.41) is 13.8. The minimum Gasteiger partial charge on any atom is -0.404 e. The van der Waals surface area contributed by atoms with E-state index < -0.39 is 4.92 Å². The van der Waals surface area contributed by atoms with Crippen molar-refractivity contribution in [1.29, 1.82) is 0 Å². The molecule has 2 rings (SSSR count). The molecule has 0 saturated heterocycles. The Morgan fingerprint density at radius 3 is 2.50 bits per heavy atom. The molecule has 0 bridgehead atoms. The van der Waals surface area contributed by atoms with E-state index in [0.717, 1.165) is 6.54 Å². The molecule has 1 heterocycles. The second-order valence-corrected chi connectivity index (χ2v) is 5.35. The molecule has 1 aromatic carbocycles. The van der Waals surface area contributed by atoms with Gasteiger partial charge in [-0.3, -0.25) is 10.1 Å². The first-order valence-corrected chi connectivity index (χ1v) is 6.48. The van der Waals surface area contributed by atoms with Gasteiger partial charge in [0.05, 0.1) is 12.6 Å². The highest BCUT2D eigenvalue weighted by Gasteiger charge is 2.20. The maximum Gasteiger partial charge on any atom is 0.433 e. The van der Waals surface area contributed by atoms with Gasteiger partial charge in [0.1, 0.15) is 10.7 Å². The summed E-state index contributed by atoms with van der Waals surface area (Å²) >= 11 is 0. The van der Waals surface area contributed by atoms with Gasteiger partial charge in [-0.15, -0.1) is 0 Å². The van der Waals surface area contributed by atoms with Crippen LogP contribution in [0.5, 0.6) is 0 Å². The summed E-state index contributed by atoms with van der Waals surface area (Å²) in [7, 11) is 0. The molecule has 0 saturated carbocycles. The van der Waals surface area contributed by atoms with E-state index in [-0.39, 0.29) is 11.3 Å². The Bertz CT molecular complexity index is 576. The number of nitrogens with zero attached hydrogens (tertiary/aromatic N) is 1. The molecule has 20 heavy (non-hydrogen) atoms. The third-order valence-corrected chi connectivity index (χ3v) is 3.25. The van der Waals surface area contributed by atoms with Crippen LogP contribution in [0.3, 0.4) is 0 Å². The van der Waals surface area contributed by atoms with Gasteiger partial charge in [-0.05, 0) is 11.6 Å². The Kier molecular flexibility index (Phi) is 4.20. The number of benzene rings is 1. The molecule has 2 aromatic rings.